The van der Waals surface area contributed by atoms with E-state index >= 15 is 0 Å². The number of aromatic nitrogens is 1. The first kappa shape index (κ1) is 13.0. The molecular formula is C15H17N3O2S. The second kappa shape index (κ2) is 4.96. The number of nitrogen functional groups attached to an aromatic ring is 1. The van der Waals surface area contributed by atoms with Gasteiger partial charge < -0.3 is 15.8 Å². The van der Waals surface area contributed by atoms with Gasteiger partial charge in [-0.2, -0.15) is 0 Å². The predicted octanol–water partition coefficient (Wildman–Crippen LogP) is 1.89. The highest BCUT2D eigenvalue weighted by Crippen LogP contribution is 2.35. The number of anilines is 1. The monoisotopic (exact) mass is 303 g/mol. The molecule has 6 heteroatoms. The molecule has 0 aromatic carbocycles. The number of hydrogen-bond donors (Lipinski definition) is 2. The van der Waals surface area contributed by atoms with Gasteiger partial charge in [-0.15, -0.1) is 11.3 Å². The molecule has 3 heterocycles. The Morgan fingerprint density at radius 1 is 1.48 bits per heavy atom. The minimum atomic E-state index is -0.105. The molecule has 1 fully saturated rings. The maximum absolute atomic E-state index is 12.4. The van der Waals surface area contributed by atoms with Crippen LogP contribution < -0.4 is 11.1 Å². The van der Waals surface area contributed by atoms with E-state index in [-0.39, 0.29) is 11.9 Å². The highest BCUT2D eigenvalue weighted by molar-refractivity contribution is 7.21. The average molecular weight is 303 g/mol. The van der Waals surface area contributed by atoms with Crippen LogP contribution in [0.2, 0.25) is 0 Å². The summed E-state index contributed by atoms with van der Waals surface area (Å²) in [6.45, 7) is 1.30. The number of nitrogens with two attached hydrogens (primary N) is 1. The minimum absolute atomic E-state index is 0.0973. The Labute approximate surface area is 126 Å². The first-order valence-electron chi connectivity index (χ1n) is 7.32. The summed E-state index contributed by atoms with van der Waals surface area (Å²) in [6, 6.07) is 2.21. The van der Waals surface area contributed by atoms with Gasteiger partial charge in [0.1, 0.15) is 9.71 Å². The molecule has 0 spiro atoms. The molecule has 2 aromatic heterocycles. The number of fused-ring (bicyclic) bond motifs is 2. The maximum atomic E-state index is 12.4. The number of aryl methyl sites for hydroxylation is 2. The van der Waals surface area contributed by atoms with Gasteiger partial charge in [-0.1, -0.05) is 0 Å². The van der Waals surface area contributed by atoms with Crippen LogP contribution in [0, 0.1) is 0 Å². The third-order valence-corrected chi connectivity index (χ3v) is 5.33. The lowest BCUT2D eigenvalue weighted by Crippen LogP contribution is -2.34. The Morgan fingerprint density at radius 2 is 2.38 bits per heavy atom. The topological polar surface area (TPSA) is 77.2 Å². The van der Waals surface area contributed by atoms with Gasteiger partial charge in [0.05, 0.1) is 18.3 Å². The molecule has 2 aromatic rings. The van der Waals surface area contributed by atoms with Crippen LogP contribution in [0.25, 0.3) is 10.2 Å². The zero-order valence-electron chi connectivity index (χ0n) is 11.6. The second-order valence-electron chi connectivity index (χ2n) is 5.68. The van der Waals surface area contributed by atoms with Crippen molar-refractivity contribution in [3.8, 4) is 0 Å². The lowest BCUT2D eigenvalue weighted by molar-refractivity contribution is 0.0935. The molecule has 1 aliphatic carbocycles. The van der Waals surface area contributed by atoms with Crippen molar-refractivity contribution in [2.45, 2.75) is 31.7 Å². The van der Waals surface area contributed by atoms with Gasteiger partial charge in [0.25, 0.3) is 5.91 Å². The lowest BCUT2D eigenvalue weighted by Gasteiger charge is -2.09. The van der Waals surface area contributed by atoms with Crippen molar-refractivity contribution in [1.82, 2.24) is 10.3 Å². The Balaban J connectivity index is 1.68. The summed E-state index contributed by atoms with van der Waals surface area (Å²) >= 11 is 1.39. The summed E-state index contributed by atoms with van der Waals surface area (Å²) in [7, 11) is 0. The van der Waals surface area contributed by atoms with Crippen molar-refractivity contribution in [1.29, 1.82) is 0 Å². The zero-order valence-corrected chi connectivity index (χ0v) is 12.5. The Kier molecular flexibility index (Phi) is 3.08. The molecule has 4 rings (SSSR count). The highest BCUT2D eigenvalue weighted by atomic mass is 32.1. The fourth-order valence-corrected chi connectivity index (χ4v) is 4.07. The maximum Gasteiger partial charge on any atom is 0.263 e. The normalized spacial score (nSPS) is 20.9. The van der Waals surface area contributed by atoms with Crippen LogP contribution >= 0.6 is 11.3 Å². The number of carbonyl (C=O) groups excluding carboxylic acids is 1. The van der Waals surface area contributed by atoms with Crippen LogP contribution in [0.1, 0.15) is 33.8 Å². The Hall–Kier alpha value is -1.66. The van der Waals surface area contributed by atoms with Crippen molar-refractivity contribution < 1.29 is 9.53 Å². The van der Waals surface area contributed by atoms with E-state index in [2.05, 4.69) is 16.4 Å². The summed E-state index contributed by atoms with van der Waals surface area (Å²) in [4.78, 5) is 18.5. The summed E-state index contributed by atoms with van der Waals surface area (Å²) in [5.41, 5.74) is 9.20. The Bertz CT molecular complexity index is 719. The van der Waals surface area contributed by atoms with E-state index in [1.54, 1.807) is 0 Å². The fourth-order valence-electron chi connectivity index (χ4n) is 3.07. The molecule has 5 nitrogen and oxygen atoms in total. The molecule has 2 aliphatic rings. The first-order chi connectivity index (χ1) is 10.2. The smallest absolute Gasteiger partial charge is 0.263 e. The van der Waals surface area contributed by atoms with E-state index in [1.165, 1.54) is 22.6 Å². The summed E-state index contributed by atoms with van der Waals surface area (Å²) in [5, 5.41) is 3.92. The number of nitrogens with zero attached hydrogens (tertiary/aromatic N) is 1. The number of hydrogen-bond acceptors (Lipinski definition) is 5. The van der Waals surface area contributed by atoms with Gasteiger partial charge in [0, 0.05) is 17.7 Å². The molecule has 110 valence electrons. The van der Waals surface area contributed by atoms with E-state index in [9.17, 15) is 4.79 Å². The molecule has 21 heavy (non-hydrogen) atoms. The van der Waals surface area contributed by atoms with Crippen LogP contribution in [0.15, 0.2) is 6.07 Å². The number of carbonyl (C=O) groups is 1. The largest absolute Gasteiger partial charge is 0.397 e. The van der Waals surface area contributed by atoms with Crippen LogP contribution in [0.4, 0.5) is 5.69 Å². The van der Waals surface area contributed by atoms with Crippen molar-refractivity contribution in [3.63, 3.8) is 0 Å². The molecule has 1 unspecified atom stereocenters. The molecule has 0 saturated carbocycles. The van der Waals surface area contributed by atoms with E-state index in [1.807, 2.05) is 0 Å². The molecule has 1 atom stereocenters. The van der Waals surface area contributed by atoms with E-state index < -0.39 is 0 Å². The van der Waals surface area contributed by atoms with Crippen LogP contribution in [0.5, 0.6) is 0 Å². The van der Waals surface area contributed by atoms with Gasteiger partial charge in [0.15, 0.2) is 0 Å². The van der Waals surface area contributed by atoms with Gasteiger partial charge in [-0.25, -0.2) is 4.98 Å². The van der Waals surface area contributed by atoms with Gasteiger partial charge in [-0.3, -0.25) is 4.79 Å². The number of ether oxygens (including phenoxy) is 1. The fraction of sp³-hybridized carbons (Fsp3) is 0.467. The average Bonchev–Trinajstić information content (AvgIpc) is 3.17. The summed E-state index contributed by atoms with van der Waals surface area (Å²) < 4.78 is 5.28. The molecule has 3 N–H and O–H groups in total. The molecule has 0 radical (unpaired) electrons. The van der Waals surface area contributed by atoms with E-state index in [4.69, 9.17) is 10.5 Å². The second-order valence-corrected chi connectivity index (χ2v) is 6.68. The van der Waals surface area contributed by atoms with Crippen LogP contribution in [0.3, 0.4) is 0 Å². The molecule has 0 bridgehead atoms. The predicted molar refractivity (Wildman–Crippen MR) is 82.7 cm³/mol. The summed E-state index contributed by atoms with van der Waals surface area (Å²) in [6.07, 6.45) is 4.12. The lowest BCUT2D eigenvalue weighted by atomic mass is 10.1. The van der Waals surface area contributed by atoms with Crippen LogP contribution in [-0.2, 0) is 17.6 Å². The van der Waals surface area contributed by atoms with Crippen molar-refractivity contribution in [3.05, 3.63) is 22.2 Å². The third kappa shape index (κ3) is 2.18. The SMILES string of the molecule is Nc1c(C(=O)NC2CCOC2)sc2nc3c(cc12)CCC3. The third-order valence-electron chi connectivity index (χ3n) is 4.22. The quantitative estimate of drug-likeness (QED) is 0.888. The minimum Gasteiger partial charge on any atom is -0.397 e. The van der Waals surface area contributed by atoms with Gasteiger partial charge in [0.2, 0.25) is 0 Å². The first-order valence-corrected chi connectivity index (χ1v) is 8.13. The van der Waals surface area contributed by atoms with Crippen LogP contribution in [-0.4, -0.2) is 30.1 Å². The van der Waals surface area contributed by atoms with Crippen molar-refractivity contribution in [2.24, 2.45) is 0 Å². The highest BCUT2D eigenvalue weighted by Gasteiger charge is 2.24. The summed E-state index contributed by atoms with van der Waals surface area (Å²) in [5.74, 6) is -0.105. The number of amides is 1. The number of thiophene rings is 1. The number of rotatable bonds is 2. The van der Waals surface area contributed by atoms with Crippen molar-refractivity contribution >= 4 is 33.1 Å². The molecule has 1 saturated heterocycles. The standard InChI is InChI=1S/C15H17N3O2S/c16-12-10-6-8-2-1-3-11(8)18-15(10)21-13(12)14(19)17-9-4-5-20-7-9/h6,9H,1-5,7,16H2,(H,17,19). The van der Waals surface area contributed by atoms with Gasteiger partial charge >= 0.3 is 0 Å². The molecule has 1 aliphatic heterocycles. The Morgan fingerprint density at radius 3 is 3.19 bits per heavy atom. The molecular weight excluding hydrogens is 286 g/mol. The number of pyridine rings is 1. The molecule has 1 amide bonds. The zero-order chi connectivity index (χ0) is 14.4. The number of nitrogens with one attached hydrogen (secondary N) is 1. The van der Waals surface area contributed by atoms with Gasteiger partial charge in [-0.05, 0) is 37.3 Å². The van der Waals surface area contributed by atoms with E-state index in [0.29, 0.717) is 23.8 Å². The van der Waals surface area contributed by atoms with E-state index in [0.717, 1.165) is 35.9 Å². The van der Waals surface area contributed by atoms with Crippen molar-refractivity contribution in [2.75, 3.05) is 18.9 Å².